The highest BCUT2D eigenvalue weighted by Crippen LogP contribution is 2.39. The van der Waals surface area contributed by atoms with Gasteiger partial charge < -0.3 is 5.11 Å². The number of hydrogen-bond acceptors (Lipinski definition) is 1. The summed E-state index contributed by atoms with van der Waals surface area (Å²) in [5.41, 5.74) is 0.720. The number of allylic oxidation sites excluding steroid dienone is 2. The minimum atomic E-state index is -0.453. The minimum absolute atomic E-state index is 0.420. The van der Waals surface area contributed by atoms with Crippen LogP contribution in [0.5, 0.6) is 0 Å². The van der Waals surface area contributed by atoms with E-state index >= 15 is 0 Å². The van der Waals surface area contributed by atoms with E-state index in [0.29, 0.717) is 5.92 Å². The lowest BCUT2D eigenvalue weighted by atomic mass is 9.71. The molecule has 0 aliphatic heterocycles. The van der Waals surface area contributed by atoms with Gasteiger partial charge in [-0.25, -0.2) is 0 Å². The van der Waals surface area contributed by atoms with Crippen LogP contribution in [0.2, 0.25) is 0 Å². The van der Waals surface area contributed by atoms with Gasteiger partial charge in [0.2, 0.25) is 0 Å². The molecule has 0 amide bonds. The standard InChI is InChI=1S/C14H24O/c1-4-7-13-8-5-6-10-14(13,15)11-9-12(2)3/h4,13,15H,1-2,5-11H2,3H3/t13-,14-/m0/s1. The topological polar surface area (TPSA) is 20.2 Å². The maximum Gasteiger partial charge on any atom is 0.0681 e. The van der Waals surface area contributed by atoms with Crippen LogP contribution in [-0.4, -0.2) is 10.7 Å². The van der Waals surface area contributed by atoms with Crippen LogP contribution in [0.4, 0.5) is 0 Å². The van der Waals surface area contributed by atoms with Gasteiger partial charge in [0.15, 0.2) is 0 Å². The van der Waals surface area contributed by atoms with Gasteiger partial charge in [-0.15, -0.1) is 13.2 Å². The van der Waals surface area contributed by atoms with Gasteiger partial charge in [0.25, 0.3) is 0 Å². The van der Waals surface area contributed by atoms with Crippen LogP contribution in [0.15, 0.2) is 24.8 Å². The van der Waals surface area contributed by atoms with Crippen molar-refractivity contribution in [1.82, 2.24) is 0 Å². The molecule has 0 radical (unpaired) electrons. The molecule has 0 bridgehead atoms. The predicted molar refractivity (Wildman–Crippen MR) is 65.8 cm³/mol. The Kier molecular flexibility index (Phi) is 4.59. The highest BCUT2D eigenvalue weighted by atomic mass is 16.3. The zero-order chi connectivity index (χ0) is 11.3. The third-order valence-corrected chi connectivity index (χ3v) is 3.61. The first-order chi connectivity index (χ1) is 7.08. The molecule has 0 aromatic rings. The molecule has 0 unspecified atom stereocenters. The molecule has 1 rings (SSSR count). The molecule has 0 spiro atoms. The van der Waals surface area contributed by atoms with E-state index in [0.717, 1.165) is 32.1 Å². The van der Waals surface area contributed by atoms with E-state index in [1.807, 2.05) is 13.0 Å². The quantitative estimate of drug-likeness (QED) is 0.681. The zero-order valence-corrected chi connectivity index (χ0v) is 9.97. The fourth-order valence-electron chi connectivity index (χ4n) is 2.59. The van der Waals surface area contributed by atoms with Crippen LogP contribution in [0.3, 0.4) is 0 Å². The zero-order valence-electron chi connectivity index (χ0n) is 9.97. The first-order valence-corrected chi connectivity index (χ1v) is 6.06. The van der Waals surface area contributed by atoms with Gasteiger partial charge in [0, 0.05) is 0 Å². The maximum absolute atomic E-state index is 10.6. The molecule has 1 saturated carbocycles. The second-order valence-corrected chi connectivity index (χ2v) is 5.03. The molecule has 2 atom stereocenters. The summed E-state index contributed by atoms with van der Waals surface area (Å²) in [7, 11) is 0. The average Bonchev–Trinajstić information content (AvgIpc) is 2.19. The Bertz CT molecular complexity index is 231. The summed E-state index contributed by atoms with van der Waals surface area (Å²) < 4.78 is 0. The first kappa shape index (κ1) is 12.5. The molecule has 15 heavy (non-hydrogen) atoms. The normalized spacial score (nSPS) is 31.2. The second kappa shape index (κ2) is 5.50. The molecule has 1 N–H and O–H groups in total. The summed E-state index contributed by atoms with van der Waals surface area (Å²) in [6.07, 6.45) is 9.26. The third-order valence-electron chi connectivity index (χ3n) is 3.61. The van der Waals surface area contributed by atoms with E-state index in [9.17, 15) is 5.11 Å². The van der Waals surface area contributed by atoms with Crippen LogP contribution in [-0.2, 0) is 0 Å². The van der Waals surface area contributed by atoms with Crippen LogP contribution in [0, 0.1) is 5.92 Å². The number of hydrogen-bond donors (Lipinski definition) is 1. The Morgan fingerprint density at radius 3 is 2.87 bits per heavy atom. The third kappa shape index (κ3) is 3.49. The molecule has 86 valence electrons. The highest BCUT2D eigenvalue weighted by molar-refractivity contribution is 4.97. The molecule has 0 saturated heterocycles. The van der Waals surface area contributed by atoms with Crippen molar-refractivity contribution in [2.45, 2.75) is 57.5 Å². The summed E-state index contributed by atoms with van der Waals surface area (Å²) in [6.45, 7) is 9.73. The lowest BCUT2D eigenvalue weighted by molar-refractivity contribution is -0.0534. The van der Waals surface area contributed by atoms with Crippen molar-refractivity contribution in [2.24, 2.45) is 5.92 Å². The van der Waals surface area contributed by atoms with Crippen molar-refractivity contribution in [1.29, 1.82) is 0 Å². The minimum Gasteiger partial charge on any atom is -0.390 e. The molecule has 1 fully saturated rings. The van der Waals surface area contributed by atoms with Crippen LogP contribution >= 0.6 is 0 Å². The monoisotopic (exact) mass is 208 g/mol. The summed E-state index contributed by atoms with van der Waals surface area (Å²) in [4.78, 5) is 0. The molecule has 1 aliphatic carbocycles. The Labute approximate surface area is 93.9 Å². The Morgan fingerprint density at radius 1 is 1.53 bits per heavy atom. The molecule has 0 aromatic heterocycles. The molecule has 1 aliphatic rings. The van der Waals surface area contributed by atoms with Crippen molar-refractivity contribution in [3.63, 3.8) is 0 Å². The molecule has 1 nitrogen and oxygen atoms in total. The van der Waals surface area contributed by atoms with Gasteiger partial charge in [0.05, 0.1) is 5.60 Å². The van der Waals surface area contributed by atoms with Gasteiger partial charge in [0.1, 0.15) is 0 Å². The van der Waals surface area contributed by atoms with Gasteiger partial charge in [-0.1, -0.05) is 24.5 Å². The molecular formula is C14H24O. The Morgan fingerprint density at radius 2 is 2.27 bits per heavy atom. The van der Waals surface area contributed by atoms with Gasteiger partial charge in [-0.05, 0) is 44.9 Å². The fourth-order valence-corrected chi connectivity index (χ4v) is 2.59. The van der Waals surface area contributed by atoms with Gasteiger partial charge in [-0.2, -0.15) is 0 Å². The van der Waals surface area contributed by atoms with Crippen molar-refractivity contribution in [2.75, 3.05) is 0 Å². The van der Waals surface area contributed by atoms with Crippen molar-refractivity contribution in [3.05, 3.63) is 24.8 Å². The van der Waals surface area contributed by atoms with Crippen LogP contribution in [0.25, 0.3) is 0 Å². The predicted octanol–water partition coefficient (Wildman–Crippen LogP) is 3.84. The molecule has 0 aromatic carbocycles. The Hall–Kier alpha value is -0.560. The SMILES string of the molecule is C=CC[C@H]1CCCC[C@]1(O)CCC(=C)C. The Balaban J connectivity index is 2.58. The maximum atomic E-state index is 10.6. The number of rotatable bonds is 5. The molecular weight excluding hydrogens is 184 g/mol. The van der Waals surface area contributed by atoms with E-state index < -0.39 is 5.60 Å². The van der Waals surface area contributed by atoms with Gasteiger partial charge >= 0.3 is 0 Å². The smallest absolute Gasteiger partial charge is 0.0681 e. The second-order valence-electron chi connectivity index (χ2n) is 5.03. The van der Waals surface area contributed by atoms with Crippen molar-refractivity contribution >= 4 is 0 Å². The van der Waals surface area contributed by atoms with E-state index in [1.165, 1.54) is 18.4 Å². The van der Waals surface area contributed by atoms with Crippen LogP contribution in [0.1, 0.15) is 51.9 Å². The van der Waals surface area contributed by atoms with Gasteiger partial charge in [-0.3, -0.25) is 0 Å². The number of aliphatic hydroxyl groups is 1. The molecule has 0 heterocycles. The van der Waals surface area contributed by atoms with Crippen molar-refractivity contribution in [3.8, 4) is 0 Å². The summed E-state index contributed by atoms with van der Waals surface area (Å²) in [5.74, 6) is 0.420. The lowest BCUT2D eigenvalue weighted by Crippen LogP contribution is -2.40. The molecule has 1 heteroatoms. The summed E-state index contributed by atoms with van der Waals surface area (Å²) in [6, 6.07) is 0. The van der Waals surface area contributed by atoms with E-state index in [4.69, 9.17) is 0 Å². The largest absolute Gasteiger partial charge is 0.390 e. The van der Waals surface area contributed by atoms with Crippen LogP contribution < -0.4 is 0 Å². The fraction of sp³-hybridized carbons (Fsp3) is 0.714. The summed E-state index contributed by atoms with van der Waals surface area (Å²) in [5, 5.41) is 10.6. The van der Waals surface area contributed by atoms with E-state index in [-0.39, 0.29) is 0 Å². The summed E-state index contributed by atoms with van der Waals surface area (Å²) >= 11 is 0. The first-order valence-electron chi connectivity index (χ1n) is 6.06. The van der Waals surface area contributed by atoms with E-state index in [2.05, 4.69) is 13.2 Å². The van der Waals surface area contributed by atoms with E-state index in [1.54, 1.807) is 0 Å². The lowest BCUT2D eigenvalue weighted by Gasteiger charge is -2.40. The highest BCUT2D eigenvalue weighted by Gasteiger charge is 2.37. The average molecular weight is 208 g/mol. The van der Waals surface area contributed by atoms with Crippen molar-refractivity contribution < 1.29 is 5.11 Å².